The van der Waals surface area contributed by atoms with Crippen molar-refractivity contribution in [3.63, 3.8) is 0 Å². The van der Waals surface area contributed by atoms with Gasteiger partial charge in [0.05, 0.1) is 7.11 Å². The predicted octanol–water partition coefficient (Wildman–Crippen LogP) is 0.722. The second-order valence-corrected chi connectivity index (χ2v) is 8.46. The number of carboxylic acid groups (broad SMARTS) is 1. The first-order valence-corrected chi connectivity index (χ1v) is 10.6. The zero-order valence-electron chi connectivity index (χ0n) is 18.2. The minimum absolute atomic E-state index is 0.126. The standard InChI is InChI=1S/C22H31N3O6/c1-14(2)12-17(23-20(26)18-19(31-18)22(28)29)21(27)25-10-8-24(9-11-25)13-15-4-6-16(30-3)7-5-15/h4-7,14,17-19H,8-13H2,1-3H3,(H,23,26)(H,28,29)/t17-,18?,19?/m0/s1. The van der Waals surface area contributed by atoms with Crippen molar-refractivity contribution in [3.8, 4) is 5.75 Å². The molecule has 0 spiro atoms. The van der Waals surface area contributed by atoms with E-state index in [0.717, 1.165) is 25.4 Å². The summed E-state index contributed by atoms with van der Waals surface area (Å²) in [6.45, 7) is 7.40. The number of carbonyl (C=O) groups is 3. The van der Waals surface area contributed by atoms with Gasteiger partial charge in [0.25, 0.3) is 5.91 Å². The third-order valence-electron chi connectivity index (χ3n) is 5.56. The van der Waals surface area contributed by atoms with Crippen molar-refractivity contribution in [3.05, 3.63) is 29.8 Å². The summed E-state index contributed by atoms with van der Waals surface area (Å²) >= 11 is 0. The normalized spacial score (nSPS) is 22.1. The van der Waals surface area contributed by atoms with Gasteiger partial charge in [0, 0.05) is 32.7 Å². The molecule has 1 aromatic carbocycles. The number of ether oxygens (including phenoxy) is 2. The summed E-state index contributed by atoms with van der Waals surface area (Å²) in [6.07, 6.45) is -1.64. The van der Waals surface area contributed by atoms with E-state index in [-0.39, 0.29) is 11.8 Å². The lowest BCUT2D eigenvalue weighted by Gasteiger charge is -2.36. The van der Waals surface area contributed by atoms with Crippen LogP contribution in [0.3, 0.4) is 0 Å². The van der Waals surface area contributed by atoms with Crippen LogP contribution in [0.5, 0.6) is 5.75 Å². The number of nitrogens with one attached hydrogen (secondary N) is 1. The minimum Gasteiger partial charge on any atom is -0.497 e. The van der Waals surface area contributed by atoms with Gasteiger partial charge in [-0.1, -0.05) is 26.0 Å². The van der Waals surface area contributed by atoms with Gasteiger partial charge in [-0.2, -0.15) is 0 Å². The Morgan fingerprint density at radius 1 is 1.13 bits per heavy atom. The van der Waals surface area contributed by atoms with Gasteiger partial charge < -0.3 is 24.8 Å². The van der Waals surface area contributed by atoms with E-state index in [9.17, 15) is 14.4 Å². The van der Waals surface area contributed by atoms with Crippen LogP contribution < -0.4 is 10.1 Å². The zero-order chi connectivity index (χ0) is 22.5. The van der Waals surface area contributed by atoms with Crippen LogP contribution in [0.4, 0.5) is 0 Å². The summed E-state index contributed by atoms with van der Waals surface area (Å²) in [5.74, 6) is -0.812. The average Bonchev–Trinajstić information content (AvgIpc) is 3.55. The number of rotatable bonds is 9. The molecule has 2 fully saturated rings. The third-order valence-corrected chi connectivity index (χ3v) is 5.56. The predicted molar refractivity (Wildman–Crippen MR) is 113 cm³/mol. The van der Waals surface area contributed by atoms with Crippen LogP contribution in [0.25, 0.3) is 0 Å². The molecule has 3 rings (SSSR count). The number of methoxy groups -OCH3 is 1. The van der Waals surface area contributed by atoms with Crippen molar-refractivity contribution in [2.75, 3.05) is 33.3 Å². The highest BCUT2D eigenvalue weighted by atomic mass is 16.6. The maximum Gasteiger partial charge on any atom is 0.336 e. The molecule has 3 atom stereocenters. The van der Waals surface area contributed by atoms with Crippen molar-refractivity contribution < 1.29 is 29.0 Å². The number of piperazine rings is 1. The number of hydrogen-bond acceptors (Lipinski definition) is 6. The van der Waals surface area contributed by atoms with E-state index in [1.54, 1.807) is 12.0 Å². The second kappa shape index (κ2) is 10.1. The monoisotopic (exact) mass is 433 g/mol. The Morgan fingerprint density at radius 2 is 1.77 bits per heavy atom. The Kier molecular flexibility index (Phi) is 7.50. The zero-order valence-corrected chi connectivity index (χ0v) is 18.2. The van der Waals surface area contributed by atoms with Crippen LogP contribution in [0.1, 0.15) is 25.8 Å². The van der Waals surface area contributed by atoms with Gasteiger partial charge in [-0.3, -0.25) is 14.5 Å². The Bertz CT molecular complexity index is 789. The Morgan fingerprint density at radius 3 is 2.29 bits per heavy atom. The van der Waals surface area contributed by atoms with Crippen LogP contribution in [-0.2, 0) is 25.7 Å². The fraction of sp³-hybridized carbons (Fsp3) is 0.591. The van der Waals surface area contributed by atoms with Crippen molar-refractivity contribution in [1.82, 2.24) is 15.1 Å². The summed E-state index contributed by atoms with van der Waals surface area (Å²) < 4.78 is 10.1. The lowest BCUT2D eigenvalue weighted by molar-refractivity contribution is -0.138. The molecule has 9 nitrogen and oxygen atoms in total. The SMILES string of the molecule is COc1ccc(CN2CCN(C(=O)[C@H](CC(C)C)NC(=O)C3OC3C(=O)O)CC2)cc1. The Balaban J connectivity index is 1.52. The molecule has 2 amide bonds. The van der Waals surface area contributed by atoms with Crippen LogP contribution in [0.2, 0.25) is 0 Å². The molecule has 2 N–H and O–H groups in total. The smallest absolute Gasteiger partial charge is 0.336 e. The highest BCUT2D eigenvalue weighted by molar-refractivity contribution is 5.95. The number of hydrogen-bond donors (Lipinski definition) is 2. The molecular formula is C22H31N3O6. The van der Waals surface area contributed by atoms with Gasteiger partial charge in [0.2, 0.25) is 5.91 Å². The first-order valence-electron chi connectivity index (χ1n) is 10.6. The van der Waals surface area contributed by atoms with Gasteiger partial charge in [-0.25, -0.2) is 4.79 Å². The summed E-state index contributed by atoms with van der Waals surface area (Å²) in [6, 6.07) is 7.27. The molecule has 2 aliphatic rings. The van der Waals surface area contributed by atoms with Crippen LogP contribution in [0.15, 0.2) is 24.3 Å². The van der Waals surface area contributed by atoms with Crippen molar-refractivity contribution in [2.24, 2.45) is 5.92 Å². The van der Waals surface area contributed by atoms with Gasteiger partial charge in [0.1, 0.15) is 11.8 Å². The maximum atomic E-state index is 13.1. The number of aliphatic carboxylic acids is 1. The molecule has 0 radical (unpaired) electrons. The summed E-state index contributed by atoms with van der Waals surface area (Å²) in [5, 5.41) is 11.6. The molecule has 0 saturated carbocycles. The average molecular weight is 434 g/mol. The minimum atomic E-state index is -1.17. The van der Waals surface area contributed by atoms with Gasteiger partial charge in [-0.05, 0) is 30.0 Å². The highest BCUT2D eigenvalue weighted by Crippen LogP contribution is 2.23. The first kappa shape index (κ1) is 23.0. The quantitative estimate of drug-likeness (QED) is 0.552. The van der Waals surface area contributed by atoms with Crippen molar-refractivity contribution >= 4 is 17.8 Å². The fourth-order valence-electron chi connectivity index (χ4n) is 3.78. The summed E-state index contributed by atoms with van der Waals surface area (Å²) in [7, 11) is 1.64. The van der Waals surface area contributed by atoms with E-state index >= 15 is 0 Å². The van der Waals surface area contributed by atoms with Crippen LogP contribution >= 0.6 is 0 Å². The molecule has 2 heterocycles. The molecule has 2 aliphatic heterocycles. The van der Waals surface area contributed by atoms with Crippen molar-refractivity contribution in [1.29, 1.82) is 0 Å². The van der Waals surface area contributed by atoms with E-state index in [1.165, 1.54) is 5.56 Å². The van der Waals surface area contributed by atoms with Gasteiger partial charge >= 0.3 is 5.97 Å². The van der Waals surface area contributed by atoms with E-state index in [4.69, 9.17) is 14.6 Å². The molecule has 0 aliphatic carbocycles. The Hall–Kier alpha value is -2.65. The topological polar surface area (TPSA) is 112 Å². The lowest BCUT2D eigenvalue weighted by Crippen LogP contribution is -2.55. The second-order valence-electron chi connectivity index (χ2n) is 8.46. The molecular weight excluding hydrogens is 402 g/mol. The summed E-state index contributed by atoms with van der Waals surface area (Å²) in [5.41, 5.74) is 1.18. The van der Waals surface area contributed by atoms with Crippen molar-refractivity contribution in [2.45, 2.75) is 45.1 Å². The number of nitrogens with zero attached hydrogens (tertiary/aromatic N) is 2. The largest absolute Gasteiger partial charge is 0.497 e. The fourth-order valence-corrected chi connectivity index (χ4v) is 3.78. The molecule has 2 unspecified atom stereocenters. The molecule has 9 heteroatoms. The van der Waals surface area contributed by atoms with Gasteiger partial charge in [-0.15, -0.1) is 0 Å². The molecule has 170 valence electrons. The highest BCUT2D eigenvalue weighted by Gasteiger charge is 2.51. The van der Waals surface area contributed by atoms with Crippen LogP contribution in [-0.4, -0.2) is 84.2 Å². The first-order chi connectivity index (χ1) is 14.8. The van der Waals surface area contributed by atoms with E-state index in [0.29, 0.717) is 19.5 Å². The summed E-state index contributed by atoms with van der Waals surface area (Å²) in [4.78, 5) is 40.4. The molecule has 31 heavy (non-hydrogen) atoms. The Labute approximate surface area is 182 Å². The molecule has 0 bridgehead atoms. The van der Waals surface area contributed by atoms with Crippen LogP contribution in [0, 0.1) is 5.92 Å². The van der Waals surface area contributed by atoms with E-state index < -0.39 is 30.1 Å². The maximum absolute atomic E-state index is 13.1. The molecule has 0 aromatic heterocycles. The van der Waals surface area contributed by atoms with Gasteiger partial charge in [0.15, 0.2) is 12.2 Å². The number of benzene rings is 1. The van der Waals surface area contributed by atoms with E-state index in [1.807, 2.05) is 38.1 Å². The molecule has 2 saturated heterocycles. The number of carboxylic acids is 1. The number of epoxide rings is 1. The van der Waals surface area contributed by atoms with E-state index in [2.05, 4.69) is 10.2 Å². The number of carbonyl (C=O) groups excluding carboxylic acids is 2. The third kappa shape index (κ3) is 6.18. The molecule has 1 aromatic rings. The number of amides is 2. The lowest BCUT2D eigenvalue weighted by atomic mass is 10.0.